The molecule has 0 atom stereocenters. The van der Waals surface area contributed by atoms with E-state index in [0.717, 1.165) is 10.4 Å². The van der Waals surface area contributed by atoms with Gasteiger partial charge in [0.25, 0.3) is 0 Å². The topological polar surface area (TPSA) is 0 Å². The van der Waals surface area contributed by atoms with Gasteiger partial charge in [0.1, 0.15) is 0 Å². The lowest BCUT2D eigenvalue weighted by Gasteiger charge is -2.02. The molecular weight excluding hydrogens is 300 g/mol. The molecule has 0 bridgehead atoms. The van der Waals surface area contributed by atoms with Crippen LogP contribution in [0, 0.1) is 0 Å². The summed E-state index contributed by atoms with van der Waals surface area (Å²) in [5.41, 5.74) is 1.35. The van der Waals surface area contributed by atoms with Crippen LogP contribution in [0.25, 0.3) is 10.1 Å². The van der Waals surface area contributed by atoms with Gasteiger partial charge in [-0.3, -0.25) is 0 Å². The molecule has 74 valence electrons. The van der Waals surface area contributed by atoms with Crippen LogP contribution in [0.1, 0.15) is 5.56 Å². The van der Waals surface area contributed by atoms with Gasteiger partial charge in [-0.15, -0.1) is 23.1 Å². The smallest absolute Gasteiger partial charge is 0.0431 e. The van der Waals surface area contributed by atoms with Crippen molar-refractivity contribution in [2.24, 2.45) is 0 Å². The summed E-state index contributed by atoms with van der Waals surface area (Å²) >= 11 is 13.0. The van der Waals surface area contributed by atoms with Gasteiger partial charge in [-0.05, 0) is 29.3 Å². The number of fused-ring (bicyclic) bond motifs is 1. The summed E-state index contributed by atoms with van der Waals surface area (Å²) in [6.07, 6.45) is 2.08. The summed E-state index contributed by atoms with van der Waals surface area (Å²) in [7, 11) is 0. The molecule has 2 aromatic rings. The van der Waals surface area contributed by atoms with Crippen molar-refractivity contribution in [2.45, 2.75) is 10.2 Å². The second-order valence-electron chi connectivity index (χ2n) is 2.88. The van der Waals surface area contributed by atoms with E-state index in [4.69, 9.17) is 11.6 Å². The van der Waals surface area contributed by atoms with Crippen molar-refractivity contribution in [3.8, 4) is 0 Å². The van der Waals surface area contributed by atoms with Gasteiger partial charge < -0.3 is 0 Å². The molecule has 0 radical (unpaired) electrons. The Labute approximate surface area is 105 Å². The summed E-state index contributed by atoms with van der Waals surface area (Å²) < 4.78 is 1.27. The van der Waals surface area contributed by atoms with Gasteiger partial charge in [-0.2, -0.15) is 0 Å². The highest BCUT2D eigenvalue weighted by molar-refractivity contribution is 9.08. The van der Waals surface area contributed by atoms with Crippen LogP contribution in [0.2, 0.25) is 5.02 Å². The van der Waals surface area contributed by atoms with Crippen molar-refractivity contribution >= 4 is 60.7 Å². The van der Waals surface area contributed by atoms with E-state index in [1.54, 1.807) is 23.1 Å². The largest absolute Gasteiger partial charge is 0.143 e. The fraction of sp³-hybridized carbons (Fsp3) is 0.200. The Bertz CT molecular complexity index is 464. The van der Waals surface area contributed by atoms with Crippen LogP contribution in [0.4, 0.5) is 0 Å². The van der Waals surface area contributed by atoms with Crippen LogP contribution in [-0.2, 0) is 5.33 Å². The third kappa shape index (κ3) is 1.83. The molecule has 0 spiro atoms. The zero-order valence-electron chi connectivity index (χ0n) is 7.51. The molecule has 0 saturated carbocycles. The molecule has 0 aliphatic rings. The van der Waals surface area contributed by atoms with Crippen molar-refractivity contribution < 1.29 is 0 Å². The summed E-state index contributed by atoms with van der Waals surface area (Å²) in [5.74, 6) is 0. The van der Waals surface area contributed by atoms with Gasteiger partial charge in [0.15, 0.2) is 0 Å². The summed E-state index contributed by atoms with van der Waals surface area (Å²) in [6, 6.07) is 4.07. The van der Waals surface area contributed by atoms with Gasteiger partial charge in [-0.1, -0.05) is 27.5 Å². The molecule has 0 N–H and O–H groups in total. The van der Waals surface area contributed by atoms with Crippen molar-refractivity contribution in [3.05, 3.63) is 28.1 Å². The molecule has 0 aliphatic carbocycles. The Kier molecular flexibility index (Phi) is 3.42. The molecular formula is C10H8BrClS2. The Morgan fingerprint density at radius 1 is 1.50 bits per heavy atom. The van der Waals surface area contributed by atoms with Gasteiger partial charge in [0, 0.05) is 25.3 Å². The van der Waals surface area contributed by atoms with Gasteiger partial charge in [-0.25, -0.2) is 0 Å². The van der Waals surface area contributed by atoms with Crippen molar-refractivity contribution in [2.75, 3.05) is 6.26 Å². The number of alkyl halides is 1. The molecule has 4 heteroatoms. The first-order chi connectivity index (χ1) is 6.76. The fourth-order valence-corrected chi connectivity index (χ4v) is 4.20. The summed E-state index contributed by atoms with van der Waals surface area (Å²) in [5, 5.41) is 5.27. The minimum absolute atomic E-state index is 0.824. The van der Waals surface area contributed by atoms with Crippen molar-refractivity contribution in [3.63, 3.8) is 0 Å². The number of thioether (sulfide) groups is 1. The van der Waals surface area contributed by atoms with E-state index in [1.807, 2.05) is 12.1 Å². The van der Waals surface area contributed by atoms with Gasteiger partial charge in [0.05, 0.1) is 0 Å². The zero-order valence-corrected chi connectivity index (χ0v) is 11.5. The highest BCUT2D eigenvalue weighted by Gasteiger charge is 2.08. The first kappa shape index (κ1) is 10.8. The third-order valence-electron chi connectivity index (χ3n) is 2.04. The first-order valence-corrected chi connectivity index (χ1v) is 7.66. The number of hydrogen-bond donors (Lipinski definition) is 0. The number of halogens is 2. The molecule has 0 fully saturated rings. The van der Waals surface area contributed by atoms with E-state index in [0.29, 0.717) is 0 Å². The molecule has 0 amide bonds. The number of benzene rings is 1. The van der Waals surface area contributed by atoms with Crippen LogP contribution in [0.5, 0.6) is 0 Å². The fourth-order valence-electron chi connectivity index (χ4n) is 1.42. The Morgan fingerprint density at radius 3 is 2.93 bits per heavy atom. The van der Waals surface area contributed by atoms with Gasteiger partial charge >= 0.3 is 0 Å². The second kappa shape index (κ2) is 4.44. The van der Waals surface area contributed by atoms with Crippen LogP contribution >= 0.6 is 50.6 Å². The lowest BCUT2D eigenvalue weighted by molar-refractivity contribution is 1.48. The minimum Gasteiger partial charge on any atom is -0.143 e. The maximum Gasteiger partial charge on any atom is 0.0431 e. The average Bonchev–Trinajstić information content (AvgIpc) is 2.59. The highest BCUT2D eigenvalue weighted by atomic mass is 79.9. The lowest BCUT2D eigenvalue weighted by atomic mass is 10.2. The minimum atomic E-state index is 0.824. The maximum absolute atomic E-state index is 6.04. The Hall–Kier alpha value is 0.300. The molecule has 1 aromatic heterocycles. The predicted molar refractivity (Wildman–Crippen MR) is 71.2 cm³/mol. The molecule has 1 aromatic carbocycles. The molecule has 0 saturated heterocycles. The monoisotopic (exact) mass is 306 g/mol. The Balaban J connectivity index is 2.78. The van der Waals surface area contributed by atoms with E-state index in [-0.39, 0.29) is 0 Å². The van der Waals surface area contributed by atoms with Crippen LogP contribution in [-0.4, -0.2) is 6.26 Å². The number of hydrogen-bond acceptors (Lipinski definition) is 2. The molecule has 0 unspecified atom stereocenters. The van der Waals surface area contributed by atoms with Crippen molar-refractivity contribution in [1.29, 1.82) is 0 Å². The number of thiophene rings is 1. The number of rotatable bonds is 2. The molecule has 1 heterocycles. The Morgan fingerprint density at radius 2 is 2.29 bits per heavy atom. The van der Waals surface area contributed by atoms with E-state index in [9.17, 15) is 0 Å². The van der Waals surface area contributed by atoms with Crippen LogP contribution in [0.15, 0.2) is 22.4 Å². The average molecular weight is 308 g/mol. The van der Waals surface area contributed by atoms with Crippen LogP contribution < -0.4 is 0 Å². The quantitative estimate of drug-likeness (QED) is 0.545. The van der Waals surface area contributed by atoms with E-state index in [1.165, 1.54) is 20.5 Å². The van der Waals surface area contributed by atoms with E-state index < -0.39 is 0 Å². The molecule has 2 rings (SSSR count). The summed E-state index contributed by atoms with van der Waals surface area (Å²) in [4.78, 5) is 1.27. The maximum atomic E-state index is 6.04. The highest BCUT2D eigenvalue weighted by Crippen LogP contribution is 2.37. The molecule has 0 nitrogen and oxygen atoms in total. The second-order valence-corrected chi connectivity index (χ2v) is 5.63. The summed E-state index contributed by atoms with van der Waals surface area (Å²) in [6.45, 7) is 0. The van der Waals surface area contributed by atoms with Crippen LogP contribution in [0.3, 0.4) is 0 Å². The molecule has 14 heavy (non-hydrogen) atoms. The van der Waals surface area contributed by atoms with Crippen molar-refractivity contribution in [1.82, 2.24) is 0 Å². The lowest BCUT2D eigenvalue weighted by Crippen LogP contribution is -1.78. The van der Waals surface area contributed by atoms with Gasteiger partial charge in [0.2, 0.25) is 0 Å². The van der Waals surface area contributed by atoms with E-state index >= 15 is 0 Å². The molecule has 0 aliphatic heterocycles. The first-order valence-electron chi connectivity index (χ1n) is 4.06. The standard InChI is InChI=1S/C10H8BrClS2/c1-13-8-2-7(12)3-9-10(8)6(4-11)5-14-9/h2-3,5H,4H2,1H3. The normalized spacial score (nSPS) is 11.1. The third-order valence-corrected chi connectivity index (χ3v) is 4.61. The zero-order chi connectivity index (χ0) is 10.1. The van der Waals surface area contributed by atoms with E-state index in [2.05, 4.69) is 27.6 Å². The predicted octanol–water partition coefficient (Wildman–Crippen LogP) is 5.17. The SMILES string of the molecule is CSc1cc(Cl)cc2scc(CBr)c12.